The van der Waals surface area contributed by atoms with Crippen LogP contribution in [0.25, 0.3) is 0 Å². The van der Waals surface area contributed by atoms with Gasteiger partial charge in [-0.25, -0.2) is 4.98 Å². The number of carbonyl (C=O) groups excluding carboxylic acids is 1. The molecule has 1 aliphatic rings. The Balaban J connectivity index is 0.00000338. The van der Waals surface area contributed by atoms with Crippen molar-refractivity contribution >= 4 is 35.8 Å². The lowest BCUT2D eigenvalue weighted by molar-refractivity contribution is -0.129. The quantitative estimate of drug-likeness (QED) is 0.359. The van der Waals surface area contributed by atoms with Gasteiger partial charge in [-0.15, -0.1) is 24.0 Å². The fourth-order valence-electron chi connectivity index (χ4n) is 2.78. The Bertz CT molecular complexity index is 597. The normalized spacial score (nSPS) is 16.8. The summed E-state index contributed by atoms with van der Waals surface area (Å²) >= 11 is 0. The number of pyridine rings is 1. The maximum Gasteiger partial charge on any atom is 0.222 e. The number of nitrogens with one attached hydrogen (secondary N) is 2. The molecule has 146 valence electrons. The average Bonchev–Trinajstić information content (AvgIpc) is 3.12. The zero-order valence-corrected chi connectivity index (χ0v) is 18.2. The fraction of sp³-hybridized carbons (Fsp3) is 0.611. The second-order valence-corrected chi connectivity index (χ2v) is 6.07. The summed E-state index contributed by atoms with van der Waals surface area (Å²) in [5.41, 5.74) is 0.994. The van der Waals surface area contributed by atoms with Crippen molar-refractivity contribution in [3.8, 4) is 5.88 Å². The number of ether oxygens (including phenoxy) is 1. The molecule has 8 heteroatoms. The van der Waals surface area contributed by atoms with Crippen LogP contribution in [0.3, 0.4) is 0 Å². The number of hydrogen-bond acceptors (Lipinski definition) is 4. The predicted molar refractivity (Wildman–Crippen MR) is 114 cm³/mol. The van der Waals surface area contributed by atoms with Gasteiger partial charge in [-0.1, -0.05) is 19.9 Å². The van der Waals surface area contributed by atoms with Crippen LogP contribution in [0, 0.1) is 0 Å². The highest BCUT2D eigenvalue weighted by Gasteiger charge is 2.25. The van der Waals surface area contributed by atoms with Gasteiger partial charge in [0.15, 0.2) is 5.96 Å². The zero-order valence-electron chi connectivity index (χ0n) is 15.8. The van der Waals surface area contributed by atoms with Crippen LogP contribution >= 0.6 is 24.0 Å². The first-order valence-corrected chi connectivity index (χ1v) is 8.99. The Morgan fingerprint density at radius 2 is 2.27 bits per heavy atom. The number of hydrogen-bond donors (Lipinski definition) is 2. The molecular weight excluding hydrogens is 445 g/mol. The largest absolute Gasteiger partial charge is 0.477 e. The SMILES string of the molecule is CCCOc1ncccc1CNC(=NC)NC1CCN(C(=O)CC)C1.I. The number of guanidine groups is 1. The van der Waals surface area contributed by atoms with Crippen LogP contribution in [0.1, 0.15) is 38.7 Å². The van der Waals surface area contributed by atoms with Crippen LogP contribution in [0.2, 0.25) is 0 Å². The molecule has 1 aromatic rings. The zero-order chi connectivity index (χ0) is 18.1. The summed E-state index contributed by atoms with van der Waals surface area (Å²) in [6, 6.07) is 4.12. The first kappa shape index (κ1) is 22.5. The first-order chi connectivity index (χ1) is 12.2. The van der Waals surface area contributed by atoms with Crippen molar-refractivity contribution in [2.45, 2.75) is 45.7 Å². The van der Waals surface area contributed by atoms with Gasteiger partial charge in [-0.05, 0) is 18.9 Å². The van der Waals surface area contributed by atoms with Crippen molar-refractivity contribution < 1.29 is 9.53 Å². The van der Waals surface area contributed by atoms with Gasteiger partial charge < -0.3 is 20.3 Å². The second kappa shape index (κ2) is 11.9. The lowest BCUT2D eigenvalue weighted by Crippen LogP contribution is -2.44. The van der Waals surface area contributed by atoms with Crippen molar-refractivity contribution in [1.82, 2.24) is 20.5 Å². The molecule has 2 rings (SSSR count). The molecule has 7 nitrogen and oxygen atoms in total. The molecule has 0 aromatic carbocycles. The highest BCUT2D eigenvalue weighted by atomic mass is 127. The van der Waals surface area contributed by atoms with E-state index >= 15 is 0 Å². The Hall–Kier alpha value is -1.58. The maximum atomic E-state index is 11.8. The molecule has 0 saturated carbocycles. The smallest absolute Gasteiger partial charge is 0.222 e. The van der Waals surface area contributed by atoms with Crippen molar-refractivity contribution in [2.24, 2.45) is 4.99 Å². The van der Waals surface area contributed by atoms with E-state index in [1.54, 1.807) is 13.2 Å². The second-order valence-electron chi connectivity index (χ2n) is 6.07. The number of aliphatic imine (C=N–C) groups is 1. The lowest BCUT2D eigenvalue weighted by Gasteiger charge is -2.19. The third-order valence-electron chi connectivity index (χ3n) is 4.15. The van der Waals surface area contributed by atoms with E-state index in [9.17, 15) is 4.79 Å². The minimum atomic E-state index is 0. The first-order valence-electron chi connectivity index (χ1n) is 8.99. The molecule has 1 fully saturated rings. The van der Waals surface area contributed by atoms with Gasteiger partial charge in [0.25, 0.3) is 0 Å². The molecule has 1 aromatic heterocycles. The Kier molecular flexibility index (Phi) is 10.3. The molecule has 0 radical (unpaired) electrons. The minimum absolute atomic E-state index is 0. The average molecular weight is 475 g/mol. The third-order valence-corrected chi connectivity index (χ3v) is 4.15. The van der Waals surface area contributed by atoms with Gasteiger partial charge in [0, 0.05) is 50.9 Å². The Labute approximate surface area is 173 Å². The summed E-state index contributed by atoms with van der Waals surface area (Å²) < 4.78 is 5.68. The molecule has 1 saturated heterocycles. The molecule has 0 bridgehead atoms. The molecule has 0 aliphatic carbocycles. The Morgan fingerprint density at radius 3 is 2.96 bits per heavy atom. The molecule has 0 spiro atoms. The monoisotopic (exact) mass is 475 g/mol. The Morgan fingerprint density at radius 1 is 1.46 bits per heavy atom. The number of halogens is 1. The van der Waals surface area contributed by atoms with Gasteiger partial charge in [-0.2, -0.15) is 0 Å². The van der Waals surface area contributed by atoms with Crippen LogP contribution in [0.15, 0.2) is 23.3 Å². The van der Waals surface area contributed by atoms with Crippen LogP contribution in [0.5, 0.6) is 5.88 Å². The van der Waals surface area contributed by atoms with E-state index in [1.165, 1.54) is 0 Å². The summed E-state index contributed by atoms with van der Waals surface area (Å²) in [6.07, 6.45) is 4.17. The van der Waals surface area contributed by atoms with E-state index in [0.29, 0.717) is 25.5 Å². The minimum Gasteiger partial charge on any atom is -0.477 e. The van der Waals surface area contributed by atoms with E-state index in [0.717, 1.165) is 37.5 Å². The highest BCUT2D eigenvalue weighted by molar-refractivity contribution is 14.0. The molecule has 1 atom stereocenters. The van der Waals surface area contributed by atoms with E-state index in [1.807, 2.05) is 24.0 Å². The van der Waals surface area contributed by atoms with Crippen molar-refractivity contribution in [1.29, 1.82) is 0 Å². The summed E-state index contributed by atoms with van der Waals surface area (Å²) in [5, 5.41) is 6.69. The summed E-state index contributed by atoms with van der Waals surface area (Å²) in [4.78, 5) is 22.3. The van der Waals surface area contributed by atoms with Gasteiger partial charge in [0.2, 0.25) is 11.8 Å². The topological polar surface area (TPSA) is 78.8 Å². The summed E-state index contributed by atoms with van der Waals surface area (Å²) in [6.45, 7) is 6.73. The van der Waals surface area contributed by atoms with Crippen LogP contribution < -0.4 is 15.4 Å². The van der Waals surface area contributed by atoms with E-state index in [-0.39, 0.29) is 35.9 Å². The lowest BCUT2D eigenvalue weighted by atomic mass is 10.2. The number of aromatic nitrogens is 1. The molecular formula is C18H30IN5O2. The van der Waals surface area contributed by atoms with E-state index < -0.39 is 0 Å². The number of nitrogens with zero attached hydrogens (tertiary/aromatic N) is 3. The summed E-state index contributed by atoms with van der Waals surface area (Å²) in [5.74, 6) is 1.59. The van der Waals surface area contributed by atoms with Gasteiger partial charge in [0.1, 0.15) is 0 Å². The molecule has 2 N–H and O–H groups in total. The van der Waals surface area contributed by atoms with Crippen LogP contribution in [-0.2, 0) is 11.3 Å². The third kappa shape index (κ3) is 6.62. The van der Waals surface area contributed by atoms with Gasteiger partial charge in [0.05, 0.1) is 6.61 Å². The summed E-state index contributed by atoms with van der Waals surface area (Å²) in [7, 11) is 1.75. The van der Waals surface area contributed by atoms with Gasteiger partial charge in [-0.3, -0.25) is 9.79 Å². The van der Waals surface area contributed by atoms with Crippen molar-refractivity contribution in [3.63, 3.8) is 0 Å². The maximum absolute atomic E-state index is 11.8. The van der Waals surface area contributed by atoms with Crippen molar-refractivity contribution in [3.05, 3.63) is 23.9 Å². The molecule has 26 heavy (non-hydrogen) atoms. The molecule has 2 heterocycles. The van der Waals surface area contributed by atoms with Crippen LogP contribution in [0.4, 0.5) is 0 Å². The molecule has 1 amide bonds. The highest BCUT2D eigenvalue weighted by Crippen LogP contribution is 2.14. The fourth-order valence-corrected chi connectivity index (χ4v) is 2.78. The van der Waals surface area contributed by atoms with E-state index in [2.05, 4.69) is 27.5 Å². The van der Waals surface area contributed by atoms with Crippen LogP contribution in [-0.4, -0.2) is 54.5 Å². The molecule has 1 unspecified atom stereocenters. The number of carbonyl (C=O) groups is 1. The number of rotatable bonds is 7. The number of amides is 1. The van der Waals surface area contributed by atoms with E-state index in [4.69, 9.17) is 4.74 Å². The van der Waals surface area contributed by atoms with Crippen molar-refractivity contribution in [2.75, 3.05) is 26.7 Å². The standard InChI is InChI=1S/C18H29N5O2.HI/c1-4-11-25-17-14(7-6-9-20-17)12-21-18(19-3)22-15-8-10-23(13-15)16(24)5-2;/h6-7,9,15H,4-5,8,10-13H2,1-3H3,(H2,19,21,22);1H. The predicted octanol–water partition coefficient (Wildman–Crippen LogP) is 2.16. The number of likely N-dealkylation sites (tertiary alicyclic amines) is 1. The molecule has 1 aliphatic heterocycles. The van der Waals surface area contributed by atoms with Gasteiger partial charge >= 0.3 is 0 Å².